The number of ether oxygens (including phenoxy) is 2. The van der Waals surface area contributed by atoms with Gasteiger partial charge in [-0.2, -0.15) is 0 Å². The van der Waals surface area contributed by atoms with Crippen LogP contribution < -0.4 is 15.2 Å². The summed E-state index contributed by atoms with van der Waals surface area (Å²) >= 11 is 6.63. The normalized spacial score (nSPS) is 13.9. The van der Waals surface area contributed by atoms with E-state index in [1.54, 1.807) is 17.0 Å². The summed E-state index contributed by atoms with van der Waals surface area (Å²) in [5.74, 6) is 0.866. The van der Waals surface area contributed by atoms with Gasteiger partial charge in [-0.05, 0) is 24.2 Å². The van der Waals surface area contributed by atoms with Gasteiger partial charge in [0.1, 0.15) is 30.4 Å². The number of rotatable bonds is 8. The van der Waals surface area contributed by atoms with Gasteiger partial charge in [0.2, 0.25) is 0 Å². The highest BCUT2D eigenvalue weighted by Crippen LogP contribution is 2.42. The molecular formula is C29H29ClN4O4. The molecule has 2 N–H and O–H groups in total. The lowest BCUT2D eigenvalue weighted by molar-refractivity contribution is 0.0655. The number of carbonyl (C=O) groups is 1. The molecular weight excluding hydrogens is 504 g/mol. The van der Waals surface area contributed by atoms with Crippen molar-refractivity contribution in [2.24, 2.45) is 0 Å². The maximum Gasteiger partial charge on any atom is 0.278 e. The largest absolute Gasteiger partial charge is 0.488 e. The molecule has 2 heterocycles. The lowest BCUT2D eigenvalue weighted by Crippen LogP contribution is -2.47. The molecule has 1 amide bonds. The monoisotopic (exact) mass is 532 g/mol. The number of carbonyl (C=O) groups excluding carboxylic acids is 1. The first kappa shape index (κ1) is 25.6. The lowest BCUT2D eigenvalue weighted by Gasteiger charge is -2.31. The number of aromatic nitrogens is 1. The highest BCUT2D eigenvalue weighted by atomic mass is 35.5. The van der Waals surface area contributed by atoms with E-state index in [1.165, 1.54) is 0 Å². The number of nitrogens with zero attached hydrogens (tertiary/aromatic N) is 3. The maximum atomic E-state index is 13.1. The van der Waals surface area contributed by atoms with Gasteiger partial charge in [0.05, 0.1) is 10.6 Å². The number of nitrogen functional groups attached to an aromatic ring is 1. The van der Waals surface area contributed by atoms with Crippen molar-refractivity contribution in [3.8, 4) is 22.8 Å². The van der Waals surface area contributed by atoms with E-state index in [1.807, 2.05) is 67.7 Å². The zero-order valence-electron chi connectivity index (χ0n) is 21.1. The van der Waals surface area contributed by atoms with Gasteiger partial charge in [0, 0.05) is 32.2 Å². The summed E-state index contributed by atoms with van der Waals surface area (Å²) in [6.45, 7) is 3.41. The van der Waals surface area contributed by atoms with E-state index in [9.17, 15) is 4.79 Å². The number of hydrogen-bond acceptors (Lipinski definition) is 7. The number of hydrogen-bond donors (Lipinski definition) is 1. The molecule has 0 spiro atoms. The number of amides is 1. The Morgan fingerprint density at radius 3 is 2.11 bits per heavy atom. The summed E-state index contributed by atoms with van der Waals surface area (Å²) in [4.78, 5) is 17.0. The van der Waals surface area contributed by atoms with E-state index in [-0.39, 0.29) is 23.0 Å². The molecule has 1 aromatic heterocycles. The van der Waals surface area contributed by atoms with Gasteiger partial charge in [-0.1, -0.05) is 77.4 Å². The second kappa shape index (κ2) is 11.6. The molecule has 9 heteroatoms. The minimum Gasteiger partial charge on any atom is -0.488 e. The Morgan fingerprint density at radius 2 is 1.50 bits per heavy atom. The molecule has 3 aromatic carbocycles. The summed E-state index contributed by atoms with van der Waals surface area (Å²) in [6, 6.07) is 23.0. The van der Waals surface area contributed by atoms with Crippen LogP contribution in [-0.2, 0) is 13.2 Å². The van der Waals surface area contributed by atoms with Crippen molar-refractivity contribution in [2.45, 2.75) is 13.2 Å². The molecule has 0 atom stereocenters. The van der Waals surface area contributed by atoms with E-state index in [2.05, 4.69) is 10.1 Å². The summed E-state index contributed by atoms with van der Waals surface area (Å²) in [7, 11) is 2.03. The average molecular weight is 533 g/mol. The summed E-state index contributed by atoms with van der Waals surface area (Å²) in [5, 5.41) is 4.39. The third-order valence-electron chi connectivity index (χ3n) is 6.47. The van der Waals surface area contributed by atoms with E-state index in [0.29, 0.717) is 48.4 Å². The van der Waals surface area contributed by atoms with Crippen LogP contribution in [0.2, 0.25) is 5.02 Å². The Bertz CT molecular complexity index is 1390. The van der Waals surface area contributed by atoms with Crippen molar-refractivity contribution in [1.82, 2.24) is 15.0 Å². The minimum absolute atomic E-state index is 0.0825. The highest BCUT2D eigenvalue weighted by Gasteiger charge is 2.29. The predicted octanol–water partition coefficient (Wildman–Crippen LogP) is 5.12. The van der Waals surface area contributed by atoms with E-state index < -0.39 is 0 Å². The number of benzene rings is 3. The number of likely N-dealkylation sites (N-methyl/N-ethyl adjacent to an activating group) is 1. The molecule has 1 aliphatic heterocycles. The quantitative estimate of drug-likeness (QED) is 0.336. The van der Waals surface area contributed by atoms with Crippen molar-refractivity contribution in [1.29, 1.82) is 0 Å². The summed E-state index contributed by atoms with van der Waals surface area (Å²) in [5.41, 5.74) is 9.13. The fourth-order valence-corrected chi connectivity index (χ4v) is 4.44. The molecule has 0 saturated carbocycles. The molecule has 5 rings (SSSR count). The standard InChI is InChI=1S/C29H29ClN4O4/c1-33-12-14-34(15-13-33)29(35)27-26(31)28(38-32-27)22-16-23(30)25(37-19-21-10-6-3-7-11-21)17-24(22)36-18-20-8-4-2-5-9-20/h2-11,16-17H,12-15,18-19,31H2,1H3. The van der Waals surface area contributed by atoms with Crippen LogP contribution in [0.5, 0.6) is 11.5 Å². The molecule has 4 aromatic rings. The zero-order chi connectivity index (χ0) is 26.5. The third kappa shape index (κ3) is 5.77. The highest BCUT2D eigenvalue weighted by molar-refractivity contribution is 6.32. The number of piperazine rings is 1. The Balaban J connectivity index is 1.45. The topological polar surface area (TPSA) is 94.1 Å². The van der Waals surface area contributed by atoms with Crippen LogP contribution in [0.4, 0.5) is 5.69 Å². The first-order chi connectivity index (χ1) is 18.5. The molecule has 38 heavy (non-hydrogen) atoms. The fourth-order valence-electron chi connectivity index (χ4n) is 4.22. The first-order valence-electron chi connectivity index (χ1n) is 12.4. The van der Waals surface area contributed by atoms with Crippen molar-refractivity contribution < 1.29 is 18.8 Å². The predicted molar refractivity (Wildman–Crippen MR) is 146 cm³/mol. The smallest absolute Gasteiger partial charge is 0.278 e. The molecule has 1 saturated heterocycles. The third-order valence-corrected chi connectivity index (χ3v) is 6.77. The SMILES string of the molecule is CN1CCN(C(=O)c2noc(-c3cc(Cl)c(OCc4ccccc4)cc3OCc3ccccc3)c2N)CC1. The second-order valence-corrected chi connectivity index (χ2v) is 9.60. The second-order valence-electron chi connectivity index (χ2n) is 9.20. The molecule has 0 bridgehead atoms. The van der Waals surface area contributed by atoms with Gasteiger partial charge < -0.3 is 29.5 Å². The van der Waals surface area contributed by atoms with Crippen LogP contribution in [0.25, 0.3) is 11.3 Å². The Hall–Kier alpha value is -4.01. The van der Waals surface area contributed by atoms with Crippen LogP contribution in [0.1, 0.15) is 21.6 Å². The maximum absolute atomic E-state index is 13.1. The molecule has 0 radical (unpaired) electrons. The average Bonchev–Trinajstić information content (AvgIpc) is 3.33. The van der Waals surface area contributed by atoms with Crippen molar-refractivity contribution >= 4 is 23.2 Å². The number of nitrogens with two attached hydrogens (primary N) is 1. The Morgan fingerprint density at radius 1 is 0.921 bits per heavy atom. The molecule has 1 fully saturated rings. The van der Waals surface area contributed by atoms with Crippen LogP contribution in [0, 0.1) is 0 Å². The van der Waals surface area contributed by atoms with Gasteiger partial charge in [-0.15, -0.1) is 0 Å². The minimum atomic E-state index is -0.258. The summed E-state index contributed by atoms with van der Waals surface area (Å²) in [6.07, 6.45) is 0. The van der Waals surface area contributed by atoms with Gasteiger partial charge in [-0.25, -0.2) is 0 Å². The molecule has 196 valence electrons. The van der Waals surface area contributed by atoms with Crippen LogP contribution >= 0.6 is 11.6 Å². The Labute approximate surface area is 226 Å². The molecule has 8 nitrogen and oxygen atoms in total. The van der Waals surface area contributed by atoms with Crippen LogP contribution in [-0.4, -0.2) is 54.1 Å². The molecule has 0 unspecified atom stereocenters. The van der Waals surface area contributed by atoms with Gasteiger partial charge >= 0.3 is 0 Å². The Kier molecular flexibility index (Phi) is 7.81. The van der Waals surface area contributed by atoms with Gasteiger partial charge in [0.25, 0.3) is 5.91 Å². The van der Waals surface area contributed by atoms with E-state index in [4.69, 9.17) is 31.3 Å². The van der Waals surface area contributed by atoms with Crippen molar-refractivity contribution in [3.63, 3.8) is 0 Å². The van der Waals surface area contributed by atoms with Crippen molar-refractivity contribution in [2.75, 3.05) is 39.0 Å². The molecule has 0 aliphatic carbocycles. The van der Waals surface area contributed by atoms with E-state index >= 15 is 0 Å². The molecule has 1 aliphatic rings. The lowest BCUT2D eigenvalue weighted by atomic mass is 10.1. The summed E-state index contributed by atoms with van der Waals surface area (Å²) < 4.78 is 17.8. The van der Waals surface area contributed by atoms with Crippen LogP contribution in [0.3, 0.4) is 0 Å². The zero-order valence-corrected chi connectivity index (χ0v) is 21.9. The van der Waals surface area contributed by atoms with Crippen molar-refractivity contribution in [3.05, 3.63) is 94.6 Å². The number of halogens is 1. The van der Waals surface area contributed by atoms with E-state index in [0.717, 1.165) is 24.2 Å². The van der Waals surface area contributed by atoms with Gasteiger partial charge in [0.15, 0.2) is 11.5 Å². The van der Waals surface area contributed by atoms with Gasteiger partial charge in [-0.3, -0.25) is 4.79 Å². The van der Waals surface area contributed by atoms with Crippen LogP contribution in [0.15, 0.2) is 77.3 Å². The number of anilines is 1. The first-order valence-corrected chi connectivity index (χ1v) is 12.8. The fraction of sp³-hybridized carbons (Fsp3) is 0.241.